The van der Waals surface area contributed by atoms with Crippen LogP contribution in [0.2, 0.25) is 0 Å². The largest absolute Gasteiger partial charge is 0.481 e. The fourth-order valence-corrected chi connectivity index (χ4v) is 7.04. The molecule has 4 heteroatoms. The molecule has 6 rings (SSSR count). The van der Waals surface area contributed by atoms with Gasteiger partial charge in [-0.3, -0.25) is 9.28 Å². The molecular weight excluding hydrogens is 314 g/mol. The van der Waals surface area contributed by atoms with Gasteiger partial charge in [-0.05, 0) is 30.5 Å². The Morgan fingerprint density at radius 3 is 3.12 bits per heavy atom. The van der Waals surface area contributed by atoms with Crippen molar-refractivity contribution in [2.45, 2.75) is 55.8 Å². The molecule has 25 heavy (non-hydrogen) atoms. The minimum Gasteiger partial charge on any atom is -0.481 e. The number of carbonyl (C=O) groups excluding carboxylic acids is 1. The van der Waals surface area contributed by atoms with Crippen molar-refractivity contribution in [3.05, 3.63) is 41.5 Å². The third-order valence-corrected chi connectivity index (χ3v) is 8.00. The van der Waals surface area contributed by atoms with E-state index in [1.807, 2.05) is 6.08 Å². The molecule has 1 saturated carbocycles. The molecule has 1 aromatic rings. The third-order valence-electron chi connectivity index (χ3n) is 8.00. The number of hydrogen-bond donors (Lipinski definition) is 0. The number of carbonyl (C=O) groups is 1. The molecule has 2 aliphatic carbocycles. The fraction of sp³-hybridized carbons (Fsp3) is 0.571. The first-order valence-corrected chi connectivity index (χ1v) is 9.51. The SMILES string of the molecule is C=CC[N+]12CC[C@]34c5c6ccc(C)c5O[C@H]3C(=O)CC[C@@]4(OC1)[C@H]2C6. The zero-order valence-corrected chi connectivity index (χ0v) is 14.7. The van der Waals surface area contributed by atoms with Crippen molar-refractivity contribution in [3.8, 4) is 5.75 Å². The maximum absolute atomic E-state index is 12.9. The Labute approximate surface area is 148 Å². The van der Waals surface area contributed by atoms with Crippen LogP contribution < -0.4 is 4.74 Å². The maximum Gasteiger partial charge on any atom is 0.184 e. The zero-order valence-electron chi connectivity index (χ0n) is 14.7. The van der Waals surface area contributed by atoms with Crippen molar-refractivity contribution in [1.82, 2.24) is 0 Å². The summed E-state index contributed by atoms with van der Waals surface area (Å²) in [5.74, 6) is 1.25. The van der Waals surface area contributed by atoms with Crippen LogP contribution in [-0.2, 0) is 21.4 Å². The van der Waals surface area contributed by atoms with Crippen LogP contribution in [0, 0.1) is 6.92 Å². The van der Waals surface area contributed by atoms with Crippen molar-refractivity contribution in [3.63, 3.8) is 0 Å². The van der Waals surface area contributed by atoms with Crippen LogP contribution in [0.15, 0.2) is 24.8 Å². The number of piperidine rings is 1. The highest BCUT2D eigenvalue weighted by atomic mass is 16.5. The molecule has 1 aromatic carbocycles. The van der Waals surface area contributed by atoms with E-state index >= 15 is 0 Å². The average Bonchev–Trinajstić information content (AvgIpc) is 3.06. The van der Waals surface area contributed by atoms with Gasteiger partial charge in [0.1, 0.15) is 17.4 Å². The normalized spacial score (nSPS) is 45.1. The quantitative estimate of drug-likeness (QED) is 0.614. The van der Waals surface area contributed by atoms with Gasteiger partial charge in [0.2, 0.25) is 0 Å². The Kier molecular flexibility index (Phi) is 2.43. The second-order valence-corrected chi connectivity index (χ2v) is 8.73. The molecule has 3 heterocycles. The highest BCUT2D eigenvalue weighted by Crippen LogP contribution is 2.68. The van der Waals surface area contributed by atoms with Crippen LogP contribution in [0.25, 0.3) is 0 Å². The van der Waals surface area contributed by atoms with Gasteiger partial charge >= 0.3 is 0 Å². The van der Waals surface area contributed by atoms with E-state index in [2.05, 4.69) is 25.6 Å². The summed E-state index contributed by atoms with van der Waals surface area (Å²) in [5, 5.41) is 0. The van der Waals surface area contributed by atoms with Crippen LogP contribution in [-0.4, -0.2) is 47.8 Å². The molecule has 1 unspecified atom stereocenters. The number of quaternary nitrogens is 1. The molecule has 0 aromatic heterocycles. The number of hydrogen-bond acceptors (Lipinski definition) is 3. The topological polar surface area (TPSA) is 35.5 Å². The molecule has 2 saturated heterocycles. The van der Waals surface area contributed by atoms with Crippen LogP contribution in [0.3, 0.4) is 0 Å². The number of Topliss-reactive ketones (excluding diaryl/α,β-unsaturated/α-hetero) is 1. The smallest absolute Gasteiger partial charge is 0.184 e. The van der Waals surface area contributed by atoms with Gasteiger partial charge < -0.3 is 9.47 Å². The van der Waals surface area contributed by atoms with E-state index in [1.54, 1.807) is 0 Å². The average molecular weight is 338 g/mol. The van der Waals surface area contributed by atoms with Gasteiger partial charge in [-0.2, -0.15) is 0 Å². The lowest BCUT2D eigenvalue weighted by Crippen LogP contribution is -2.77. The van der Waals surface area contributed by atoms with Crippen molar-refractivity contribution >= 4 is 5.78 Å². The summed E-state index contributed by atoms with van der Waals surface area (Å²) in [7, 11) is 0. The Morgan fingerprint density at radius 1 is 1.40 bits per heavy atom. The number of nitrogens with zero attached hydrogens (tertiary/aromatic N) is 1. The van der Waals surface area contributed by atoms with E-state index < -0.39 is 0 Å². The number of aryl methyl sites for hydroxylation is 1. The van der Waals surface area contributed by atoms with E-state index in [-0.39, 0.29) is 22.9 Å². The third kappa shape index (κ3) is 1.30. The summed E-state index contributed by atoms with van der Waals surface area (Å²) in [6, 6.07) is 4.85. The molecule has 3 aliphatic heterocycles. The van der Waals surface area contributed by atoms with Gasteiger partial charge in [0.15, 0.2) is 18.6 Å². The van der Waals surface area contributed by atoms with Gasteiger partial charge in [0, 0.05) is 24.8 Å². The molecule has 5 aliphatic rings. The van der Waals surface area contributed by atoms with E-state index in [0.717, 1.165) is 54.9 Å². The summed E-state index contributed by atoms with van der Waals surface area (Å²) in [6.07, 6.45) is 5.15. The second-order valence-electron chi connectivity index (χ2n) is 8.73. The summed E-state index contributed by atoms with van der Waals surface area (Å²) in [6.45, 7) is 8.88. The Bertz CT molecular complexity index is 848. The molecule has 0 amide bonds. The fourth-order valence-electron chi connectivity index (χ4n) is 7.04. The van der Waals surface area contributed by atoms with Crippen LogP contribution >= 0.6 is 0 Å². The minimum atomic E-state index is -0.345. The molecule has 0 radical (unpaired) electrons. The van der Waals surface area contributed by atoms with E-state index in [0.29, 0.717) is 12.5 Å². The highest BCUT2D eigenvalue weighted by Gasteiger charge is 2.80. The monoisotopic (exact) mass is 338 g/mol. The molecule has 5 atom stereocenters. The molecule has 130 valence electrons. The summed E-state index contributed by atoms with van der Waals surface area (Å²) in [4.78, 5) is 12.9. The standard InChI is InChI=1S/C21H24NO3/c1-3-9-22-10-8-20-17-14-5-4-13(2)18(17)25-19(20)15(23)6-7-21(20,24-12-22)16(22)11-14/h3-5,16,19H,1,6-12H2,2H3/q+1/t16-,19+,20+,21-,22?/m1/s1. The second kappa shape index (κ2) is 4.18. The van der Waals surface area contributed by atoms with Gasteiger partial charge in [-0.15, -0.1) is 0 Å². The number of rotatable bonds is 2. The summed E-state index contributed by atoms with van der Waals surface area (Å²) in [5.41, 5.74) is 3.36. The lowest BCUT2D eigenvalue weighted by atomic mass is 9.49. The number of benzene rings is 1. The van der Waals surface area contributed by atoms with Gasteiger partial charge in [-0.25, -0.2) is 0 Å². The van der Waals surface area contributed by atoms with Crippen molar-refractivity contribution in [2.24, 2.45) is 0 Å². The molecule has 4 bridgehead atoms. The molecule has 2 spiro atoms. The molecular formula is C21H24NO3+. The predicted molar refractivity (Wildman–Crippen MR) is 92.5 cm³/mol. The summed E-state index contributed by atoms with van der Waals surface area (Å²) >= 11 is 0. The van der Waals surface area contributed by atoms with E-state index in [4.69, 9.17) is 9.47 Å². The lowest BCUT2D eigenvalue weighted by molar-refractivity contribution is -0.947. The Balaban J connectivity index is 1.68. The number of ketones is 1. The van der Waals surface area contributed by atoms with Crippen LogP contribution in [0.1, 0.15) is 36.0 Å². The van der Waals surface area contributed by atoms with Gasteiger partial charge in [-0.1, -0.05) is 18.7 Å². The number of ether oxygens (including phenoxy) is 2. The van der Waals surface area contributed by atoms with Crippen molar-refractivity contribution in [1.29, 1.82) is 0 Å². The van der Waals surface area contributed by atoms with Crippen LogP contribution in [0.5, 0.6) is 5.75 Å². The van der Waals surface area contributed by atoms with Gasteiger partial charge in [0.25, 0.3) is 0 Å². The highest BCUT2D eigenvalue weighted by molar-refractivity contribution is 5.89. The van der Waals surface area contributed by atoms with Crippen molar-refractivity contribution < 1.29 is 18.8 Å². The Hall–Kier alpha value is -1.65. The first kappa shape index (κ1) is 14.5. The predicted octanol–water partition coefficient (Wildman–Crippen LogP) is 2.41. The molecule has 4 nitrogen and oxygen atoms in total. The Morgan fingerprint density at radius 2 is 2.28 bits per heavy atom. The maximum atomic E-state index is 12.9. The zero-order chi connectivity index (χ0) is 17.0. The van der Waals surface area contributed by atoms with Crippen molar-refractivity contribution in [2.75, 3.05) is 19.8 Å². The first-order chi connectivity index (χ1) is 12.1. The van der Waals surface area contributed by atoms with Gasteiger partial charge in [0.05, 0.1) is 18.5 Å². The lowest BCUT2D eigenvalue weighted by Gasteiger charge is -2.60. The minimum absolute atomic E-state index is 0.237. The molecule has 3 fully saturated rings. The van der Waals surface area contributed by atoms with Crippen LogP contribution in [0.4, 0.5) is 0 Å². The van der Waals surface area contributed by atoms with E-state index in [9.17, 15) is 4.79 Å². The van der Waals surface area contributed by atoms with E-state index in [1.165, 1.54) is 11.1 Å². The molecule has 0 N–H and O–H groups in total. The summed E-state index contributed by atoms with van der Waals surface area (Å²) < 4.78 is 14.1. The first-order valence-electron chi connectivity index (χ1n) is 9.51.